The Hall–Kier alpha value is -2.12. The number of aryl methyl sites for hydroxylation is 1. The van der Waals surface area contributed by atoms with Crippen LogP contribution in [0, 0.1) is 0 Å². The van der Waals surface area contributed by atoms with Crippen LogP contribution < -0.4 is 0 Å². The smallest absolute Gasteiger partial charge is 0.326 e. The van der Waals surface area contributed by atoms with E-state index in [0.717, 1.165) is 5.56 Å². The van der Waals surface area contributed by atoms with Gasteiger partial charge in [-0.15, -0.1) is 12.4 Å². The van der Waals surface area contributed by atoms with Crippen molar-refractivity contribution in [3.05, 3.63) is 35.9 Å². The molecule has 1 aliphatic heterocycles. The number of rotatable bonds is 10. The maximum atomic E-state index is 13.1. The molecule has 0 aliphatic carbocycles. The van der Waals surface area contributed by atoms with E-state index in [0.29, 0.717) is 38.8 Å². The van der Waals surface area contributed by atoms with Gasteiger partial charge in [0.1, 0.15) is 12.1 Å². The molecule has 0 radical (unpaired) electrons. The number of carbonyl (C=O) groups is 3. The van der Waals surface area contributed by atoms with Gasteiger partial charge in [-0.3, -0.25) is 14.5 Å². The Morgan fingerprint density at radius 3 is 2.47 bits per heavy atom. The minimum atomic E-state index is -0.975. The van der Waals surface area contributed by atoms with Crippen molar-refractivity contribution in [3.8, 4) is 0 Å². The number of hydrogen-bond donors (Lipinski definition) is 1. The van der Waals surface area contributed by atoms with E-state index in [-0.39, 0.29) is 30.9 Å². The molecule has 3 atom stereocenters. The number of ether oxygens (including phenoxy) is 1. The molecule has 1 saturated heterocycles. The summed E-state index contributed by atoms with van der Waals surface area (Å²) in [7, 11) is 0. The first-order chi connectivity index (χ1) is 13.9. The number of esters is 1. The quantitative estimate of drug-likeness (QED) is 0.563. The van der Waals surface area contributed by atoms with Gasteiger partial charge in [-0.2, -0.15) is 0 Å². The maximum Gasteiger partial charge on any atom is 0.326 e. The summed E-state index contributed by atoms with van der Waals surface area (Å²) in [5.74, 6) is -1.57. The highest BCUT2D eigenvalue weighted by Gasteiger charge is 2.40. The fourth-order valence-corrected chi connectivity index (χ4v) is 4.04. The first kappa shape index (κ1) is 25.9. The predicted molar refractivity (Wildman–Crippen MR) is 117 cm³/mol. The molecule has 8 heteroatoms. The van der Waals surface area contributed by atoms with Crippen molar-refractivity contribution < 1.29 is 24.2 Å². The molecule has 7 nitrogen and oxygen atoms in total. The van der Waals surface area contributed by atoms with E-state index < -0.39 is 24.1 Å². The summed E-state index contributed by atoms with van der Waals surface area (Å²) < 4.78 is 5.29. The first-order valence-corrected chi connectivity index (χ1v) is 10.4. The Kier molecular flexibility index (Phi) is 10.8. The molecular formula is C22H33ClN2O5. The van der Waals surface area contributed by atoms with Gasteiger partial charge in [0, 0.05) is 6.54 Å². The molecule has 2 rings (SSSR count). The number of nitrogens with zero attached hydrogens (tertiary/aromatic N) is 2. The molecule has 1 aromatic carbocycles. The predicted octanol–water partition coefficient (Wildman–Crippen LogP) is 2.76. The molecular weight excluding hydrogens is 408 g/mol. The van der Waals surface area contributed by atoms with Crippen molar-refractivity contribution in [1.29, 1.82) is 0 Å². The molecule has 0 saturated carbocycles. The van der Waals surface area contributed by atoms with Crippen LogP contribution in [0.2, 0.25) is 0 Å². The van der Waals surface area contributed by atoms with Crippen LogP contribution in [0.1, 0.15) is 45.6 Å². The average molecular weight is 441 g/mol. The van der Waals surface area contributed by atoms with E-state index >= 15 is 0 Å². The summed E-state index contributed by atoms with van der Waals surface area (Å²) in [6, 6.07) is 7.92. The minimum absolute atomic E-state index is 0. The normalized spacial score (nSPS) is 17.9. The van der Waals surface area contributed by atoms with Crippen molar-refractivity contribution in [2.24, 2.45) is 0 Å². The third-order valence-corrected chi connectivity index (χ3v) is 5.55. The molecule has 1 unspecified atom stereocenters. The van der Waals surface area contributed by atoms with Crippen LogP contribution in [-0.2, 0) is 25.5 Å². The first-order valence-electron chi connectivity index (χ1n) is 10.4. The summed E-state index contributed by atoms with van der Waals surface area (Å²) in [5.41, 5.74) is 1.11. The molecule has 0 bridgehead atoms. The Labute approximate surface area is 184 Å². The second-order valence-electron chi connectivity index (χ2n) is 7.33. The Morgan fingerprint density at radius 2 is 1.90 bits per heavy atom. The zero-order chi connectivity index (χ0) is 21.4. The summed E-state index contributed by atoms with van der Waals surface area (Å²) in [6.07, 6.45) is 2.35. The van der Waals surface area contributed by atoms with E-state index in [2.05, 4.69) is 0 Å². The van der Waals surface area contributed by atoms with Crippen molar-refractivity contribution in [2.45, 2.75) is 64.6 Å². The summed E-state index contributed by atoms with van der Waals surface area (Å²) in [5, 5.41) is 9.41. The molecule has 1 fully saturated rings. The minimum Gasteiger partial charge on any atom is -0.480 e. The zero-order valence-corrected chi connectivity index (χ0v) is 18.8. The number of likely N-dealkylation sites (N-methyl/N-ethyl adjacent to an activating group) is 1. The third kappa shape index (κ3) is 6.44. The van der Waals surface area contributed by atoms with Gasteiger partial charge in [0.25, 0.3) is 0 Å². The molecule has 1 amide bonds. The van der Waals surface area contributed by atoms with Crippen LogP contribution in [0.4, 0.5) is 0 Å². The van der Waals surface area contributed by atoms with Gasteiger partial charge in [0.15, 0.2) is 0 Å². The SMILES string of the molecule is CCOC(=O)C(CCc1ccccc1)N(CC)[C@@H](C)C(=O)N1CCC[C@H]1C(=O)O.Cl. The van der Waals surface area contributed by atoms with Crippen LogP contribution >= 0.6 is 12.4 Å². The highest BCUT2D eigenvalue weighted by atomic mass is 35.5. The Morgan fingerprint density at radius 1 is 1.23 bits per heavy atom. The lowest BCUT2D eigenvalue weighted by Gasteiger charge is -2.36. The highest BCUT2D eigenvalue weighted by molar-refractivity contribution is 5.88. The van der Waals surface area contributed by atoms with Crippen LogP contribution in [0.5, 0.6) is 0 Å². The molecule has 1 aliphatic rings. The number of halogens is 1. The highest BCUT2D eigenvalue weighted by Crippen LogP contribution is 2.22. The molecule has 1 N–H and O–H groups in total. The van der Waals surface area contributed by atoms with Crippen LogP contribution in [0.25, 0.3) is 0 Å². The molecule has 0 spiro atoms. The number of carboxylic acids is 1. The van der Waals surface area contributed by atoms with Gasteiger partial charge >= 0.3 is 11.9 Å². The number of carboxylic acid groups (broad SMARTS) is 1. The lowest BCUT2D eigenvalue weighted by atomic mass is 10.0. The monoisotopic (exact) mass is 440 g/mol. The second-order valence-corrected chi connectivity index (χ2v) is 7.33. The molecule has 168 valence electrons. The van der Waals surface area contributed by atoms with E-state index in [4.69, 9.17) is 4.74 Å². The summed E-state index contributed by atoms with van der Waals surface area (Å²) in [6.45, 7) is 6.60. The maximum absolute atomic E-state index is 13.1. The van der Waals surface area contributed by atoms with Gasteiger partial charge in [0.05, 0.1) is 12.6 Å². The van der Waals surface area contributed by atoms with Gasteiger partial charge in [-0.05, 0) is 51.6 Å². The van der Waals surface area contributed by atoms with Gasteiger partial charge in [-0.1, -0.05) is 37.3 Å². The molecule has 30 heavy (non-hydrogen) atoms. The Balaban J connectivity index is 0.00000450. The topological polar surface area (TPSA) is 87.2 Å². The van der Waals surface area contributed by atoms with Crippen molar-refractivity contribution in [3.63, 3.8) is 0 Å². The lowest BCUT2D eigenvalue weighted by Crippen LogP contribution is -2.55. The fraction of sp³-hybridized carbons (Fsp3) is 0.591. The number of amides is 1. The summed E-state index contributed by atoms with van der Waals surface area (Å²) >= 11 is 0. The summed E-state index contributed by atoms with van der Waals surface area (Å²) in [4.78, 5) is 40.5. The van der Waals surface area contributed by atoms with Crippen LogP contribution in [0.3, 0.4) is 0 Å². The molecule has 1 heterocycles. The number of aliphatic carboxylic acids is 1. The van der Waals surface area contributed by atoms with Gasteiger partial charge in [-0.25, -0.2) is 4.79 Å². The van der Waals surface area contributed by atoms with Crippen molar-refractivity contribution >= 4 is 30.3 Å². The van der Waals surface area contributed by atoms with Crippen LogP contribution in [-0.4, -0.2) is 70.6 Å². The van der Waals surface area contributed by atoms with Crippen molar-refractivity contribution in [2.75, 3.05) is 19.7 Å². The third-order valence-electron chi connectivity index (χ3n) is 5.55. The van der Waals surface area contributed by atoms with Crippen LogP contribution in [0.15, 0.2) is 30.3 Å². The second kappa shape index (κ2) is 12.5. The van der Waals surface area contributed by atoms with Crippen molar-refractivity contribution in [1.82, 2.24) is 9.80 Å². The average Bonchev–Trinajstić information content (AvgIpc) is 3.21. The lowest BCUT2D eigenvalue weighted by molar-refractivity contribution is -0.155. The van der Waals surface area contributed by atoms with E-state index in [9.17, 15) is 19.5 Å². The fourth-order valence-electron chi connectivity index (χ4n) is 4.04. The molecule has 0 aromatic heterocycles. The number of benzene rings is 1. The van der Waals surface area contributed by atoms with E-state index in [1.807, 2.05) is 42.2 Å². The largest absolute Gasteiger partial charge is 0.480 e. The number of hydrogen-bond acceptors (Lipinski definition) is 5. The number of carbonyl (C=O) groups excluding carboxylic acids is 2. The standard InChI is InChI=1S/C22H32N2O5.ClH/c1-4-23(16(3)20(25)24-15-9-12-18(24)21(26)27)19(22(28)29-5-2)14-13-17-10-7-6-8-11-17;/h6-8,10-11,16,18-19H,4-5,9,12-15H2,1-3H3,(H,26,27);1H/t16-,18-,19?;/m0./s1. The number of likely N-dealkylation sites (tertiary alicyclic amines) is 1. The Bertz CT molecular complexity index is 700. The van der Waals surface area contributed by atoms with E-state index in [1.54, 1.807) is 13.8 Å². The zero-order valence-electron chi connectivity index (χ0n) is 18.0. The van der Waals surface area contributed by atoms with E-state index in [1.165, 1.54) is 4.90 Å². The van der Waals surface area contributed by atoms with Gasteiger partial charge in [0.2, 0.25) is 5.91 Å². The van der Waals surface area contributed by atoms with Gasteiger partial charge < -0.3 is 14.7 Å². The molecule has 1 aromatic rings.